The monoisotopic (exact) mass is 398 g/mol. The number of esters is 1. The zero-order valence-corrected chi connectivity index (χ0v) is 16.0. The highest BCUT2D eigenvalue weighted by Crippen LogP contribution is 2.20. The lowest BCUT2D eigenvalue weighted by Crippen LogP contribution is -2.21. The molecule has 28 heavy (non-hydrogen) atoms. The molecular weight excluding hydrogens is 380 g/mol. The Hall–Kier alpha value is -3.25. The van der Waals surface area contributed by atoms with E-state index in [9.17, 15) is 9.59 Å². The number of ether oxygens (including phenoxy) is 1. The van der Waals surface area contributed by atoms with Crippen molar-refractivity contribution in [2.24, 2.45) is 0 Å². The fourth-order valence-electron chi connectivity index (χ4n) is 2.49. The quantitative estimate of drug-likeness (QED) is 0.566. The second-order valence-corrected chi connectivity index (χ2v) is 6.47. The number of benzene rings is 2. The maximum atomic E-state index is 12.4. The Morgan fingerprint density at radius 3 is 2.68 bits per heavy atom. The molecule has 2 N–H and O–H groups in total. The van der Waals surface area contributed by atoms with Crippen molar-refractivity contribution in [1.29, 1.82) is 0 Å². The number of nitrogens with one attached hydrogen (secondary N) is 2. The summed E-state index contributed by atoms with van der Waals surface area (Å²) >= 11 is 6.04. The molecule has 0 aliphatic carbocycles. The van der Waals surface area contributed by atoms with Crippen LogP contribution in [0.4, 0.5) is 11.4 Å². The first-order valence-corrected chi connectivity index (χ1v) is 8.99. The van der Waals surface area contributed by atoms with Crippen LogP contribution >= 0.6 is 11.6 Å². The number of carbonyl (C=O) groups is 2. The first kappa shape index (κ1) is 19.5. The van der Waals surface area contributed by atoms with E-state index in [0.29, 0.717) is 28.5 Å². The molecule has 0 aliphatic heterocycles. The van der Waals surface area contributed by atoms with E-state index in [2.05, 4.69) is 10.6 Å². The van der Waals surface area contributed by atoms with Crippen LogP contribution in [0, 0.1) is 6.92 Å². The zero-order chi connectivity index (χ0) is 19.9. The van der Waals surface area contributed by atoms with E-state index < -0.39 is 18.5 Å². The highest BCUT2D eigenvalue weighted by atomic mass is 35.5. The summed E-state index contributed by atoms with van der Waals surface area (Å²) in [5, 5.41) is 6.32. The van der Waals surface area contributed by atoms with E-state index in [1.165, 1.54) is 0 Å². The molecule has 0 atom stereocenters. The Morgan fingerprint density at radius 2 is 1.93 bits per heavy atom. The lowest BCUT2D eigenvalue weighted by Gasteiger charge is -2.11. The van der Waals surface area contributed by atoms with Crippen LogP contribution in [0.5, 0.6) is 0 Å². The van der Waals surface area contributed by atoms with Gasteiger partial charge in [0.15, 0.2) is 6.61 Å². The van der Waals surface area contributed by atoms with Crippen molar-refractivity contribution < 1.29 is 18.7 Å². The summed E-state index contributed by atoms with van der Waals surface area (Å²) in [6.45, 7) is 1.88. The normalized spacial score (nSPS) is 10.4. The molecule has 0 fully saturated rings. The number of carbonyl (C=O) groups excluding carboxylic acids is 2. The number of aryl methyl sites for hydroxylation is 1. The fraction of sp³-hybridized carbons (Fsp3) is 0.143. The second kappa shape index (κ2) is 9.10. The topological polar surface area (TPSA) is 80.6 Å². The molecule has 144 valence electrons. The predicted octanol–water partition coefficient (Wildman–Crippen LogP) is 4.65. The summed E-state index contributed by atoms with van der Waals surface area (Å²) in [6, 6.07) is 15.7. The summed E-state index contributed by atoms with van der Waals surface area (Å²) in [6.07, 6.45) is 1.58. The van der Waals surface area contributed by atoms with E-state index in [4.69, 9.17) is 20.8 Å². The van der Waals surface area contributed by atoms with Crippen molar-refractivity contribution in [3.8, 4) is 0 Å². The van der Waals surface area contributed by atoms with Crippen LogP contribution in [0.15, 0.2) is 65.3 Å². The highest BCUT2D eigenvalue weighted by Gasteiger charge is 2.14. The molecule has 3 rings (SSSR count). The summed E-state index contributed by atoms with van der Waals surface area (Å²) in [7, 11) is 0. The third-order valence-corrected chi connectivity index (χ3v) is 4.38. The van der Waals surface area contributed by atoms with Gasteiger partial charge in [-0.25, -0.2) is 4.79 Å². The number of rotatable bonds is 7. The Labute approximate surface area is 167 Å². The van der Waals surface area contributed by atoms with Crippen LogP contribution in [-0.2, 0) is 16.1 Å². The summed E-state index contributed by atoms with van der Waals surface area (Å²) in [5.41, 5.74) is 2.37. The molecule has 7 heteroatoms. The standard InChI is InChI=1S/C21H19ClN2O4/c1-14-8-9-15(11-18(14)22)24-20(25)13-28-21(26)17-6-2-3-7-19(17)23-12-16-5-4-10-27-16/h2-11,23H,12-13H2,1H3,(H,24,25). The second-order valence-electron chi connectivity index (χ2n) is 6.07. The molecule has 0 unspecified atom stereocenters. The third kappa shape index (κ3) is 5.14. The van der Waals surface area contributed by atoms with Gasteiger partial charge in [-0.3, -0.25) is 4.79 Å². The first-order valence-electron chi connectivity index (χ1n) is 8.61. The number of hydrogen-bond donors (Lipinski definition) is 2. The molecule has 0 bridgehead atoms. The predicted molar refractivity (Wildman–Crippen MR) is 108 cm³/mol. The molecule has 2 aromatic carbocycles. The molecule has 1 aromatic heterocycles. The fourth-order valence-corrected chi connectivity index (χ4v) is 2.67. The minimum Gasteiger partial charge on any atom is -0.467 e. The van der Waals surface area contributed by atoms with Gasteiger partial charge in [0.1, 0.15) is 5.76 Å². The summed E-state index contributed by atoms with van der Waals surface area (Å²) < 4.78 is 10.4. The smallest absolute Gasteiger partial charge is 0.340 e. The molecule has 1 amide bonds. The van der Waals surface area contributed by atoms with Crippen molar-refractivity contribution >= 4 is 34.9 Å². The van der Waals surface area contributed by atoms with Gasteiger partial charge < -0.3 is 19.8 Å². The van der Waals surface area contributed by atoms with Crippen LogP contribution in [0.2, 0.25) is 5.02 Å². The van der Waals surface area contributed by atoms with Gasteiger partial charge in [0, 0.05) is 16.4 Å². The zero-order valence-electron chi connectivity index (χ0n) is 15.2. The average Bonchev–Trinajstić information content (AvgIpc) is 3.21. The van der Waals surface area contributed by atoms with Crippen LogP contribution in [0.3, 0.4) is 0 Å². The van der Waals surface area contributed by atoms with Crippen molar-refractivity contribution in [3.63, 3.8) is 0 Å². The van der Waals surface area contributed by atoms with Gasteiger partial charge in [-0.1, -0.05) is 29.8 Å². The number of amides is 1. The van der Waals surface area contributed by atoms with E-state index in [1.807, 2.05) is 13.0 Å². The summed E-state index contributed by atoms with van der Waals surface area (Å²) in [5.74, 6) is -0.312. The number of halogens is 1. The molecular formula is C21H19ClN2O4. The maximum absolute atomic E-state index is 12.4. The molecule has 0 aliphatic rings. The highest BCUT2D eigenvalue weighted by molar-refractivity contribution is 6.31. The molecule has 3 aromatic rings. The molecule has 1 heterocycles. The van der Waals surface area contributed by atoms with Crippen molar-refractivity contribution in [1.82, 2.24) is 0 Å². The molecule has 0 spiro atoms. The average molecular weight is 399 g/mol. The van der Waals surface area contributed by atoms with Crippen molar-refractivity contribution in [3.05, 3.63) is 82.8 Å². The minimum absolute atomic E-state index is 0.334. The minimum atomic E-state index is -0.598. The van der Waals surface area contributed by atoms with E-state index in [-0.39, 0.29) is 0 Å². The number of para-hydroxylation sites is 1. The largest absolute Gasteiger partial charge is 0.467 e. The molecule has 6 nitrogen and oxygen atoms in total. The van der Waals surface area contributed by atoms with Gasteiger partial charge in [-0.2, -0.15) is 0 Å². The lowest BCUT2D eigenvalue weighted by molar-refractivity contribution is -0.119. The van der Waals surface area contributed by atoms with Crippen LogP contribution in [0.25, 0.3) is 0 Å². The van der Waals surface area contributed by atoms with E-state index in [1.54, 1.807) is 54.8 Å². The Morgan fingerprint density at radius 1 is 1.11 bits per heavy atom. The Balaban J connectivity index is 1.57. The van der Waals surface area contributed by atoms with Gasteiger partial charge in [0.05, 0.1) is 18.4 Å². The number of hydrogen-bond acceptors (Lipinski definition) is 5. The van der Waals surface area contributed by atoms with Crippen molar-refractivity contribution in [2.45, 2.75) is 13.5 Å². The SMILES string of the molecule is Cc1ccc(NC(=O)COC(=O)c2ccccc2NCc2ccco2)cc1Cl. The Kier molecular flexibility index (Phi) is 6.34. The third-order valence-electron chi connectivity index (χ3n) is 3.97. The van der Waals surface area contributed by atoms with Crippen LogP contribution in [0.1, 0.15) is 21.7 Å². The van der Waals surface area contributed by atoms with Gasteiger partial charge >= 0.3 is 5.97 Å². The maximum Gasteiger partial charge on any atom is 0.340 e. The number of anilines is 2. The molecule has 0 radical (unpaired) electrons. The Bertz CT molecular complexity index is 970. The van der Waals surface area contributed by atoms with Gasteiger partial charge in [-0.05, 0) is 48.9 Å². The van der Waals surface area contributed by atoms with E-state index in [0.717, 1.165) is 11.3 Å². The summed E-state index contributed by atoms with van der Waals surface area (Å²) in [4.78, 5) is 24.4. The first-order chi connectivity index (χ1) is 13.5. The van der Waals surface area contributed by atoms with Gasteiger partial charge in [-0.15, -0.1) is 0 Å². The van der Waals surface area contributed by atoms with Crippen LogP contribution < -0.4 is 10.6 Å². The van der Waals surface area contributed by atoms with E-state index >= 15 is 0 Å². The van der Waals surface area contributed by atoms with Crippen LogP contribution in [-0.4, -0.2) is 18.5 Å². The lowest BCUT2D eigenvalue weighted by atomic mass is 10.2. The van der Waals surface area contributed by atoms with Gasteiger partial charge in [0.25, 0.3) is 5.91 Å². The molecule has 0 saturated heterocycles. The molecule has 0 saturated carbocycles. The number of furan rings is 1. The van der Waals surface area contributed by atoms with Crippen molar-refractivity contribution in [2.75, 3.05) is 17.2 Å². The van der Waals surface area contributed by atoms with Gasteiger partial charge in [0.2, 0.25) is 0 Å².